The number of aliphatic hydroxyl groups excluding tert-OH is 1. The van der Waals surface area contributed by atoms with Gasteiger partial charge < -0.3 is 30.7 Å². The molecule has 37 heavy (non-hydrogen) atoms. The van der Waals surface area contributed by atoms with Crippen molar-refractivity contribution in [3.05, 3.63) is 63.1 Å². The number of aromatic hydroxyl groups is 1. The van der Waals surface area contributed by atoms with E-state index in [0.29, 0.717) is 37.1 Å². The van der Waals surface area contributed by atoms with Crippen molar-refractivity contribution in [2.45, 2.75) is 25.0 Å². The van der Waals surface area contributed by atoms with Crippen LogP contribution in [-0.4, -0.2) is 66.0 Å². The van der Waals surface area contributed by atoms with Gasteiger partial charge in [-0.2, -0.15) is 5.26 Å². The van der Waals surface area contributed by atoms with Crippen molar-refractivity contribution in [2.24, 2.45) is 4.99 Å². The van der Waals surface area contributed by atoms with Gasteiger partial charge in [-0.3, -0.25) is 10.1 Å². The highest BCUT2D eigenvalue weighted by Gasteiger charge is 2.24. The molecule has 0 radical (unpaired) electrons. The van der Waals surface area contributed by atoms with Crippen LogP contribution < -0.4 is 16.0 Å². The molecule has 0 saturated carbocycles. The number of aliphatic imine (C=N–C) groups is 1. The van der Waals surface area contributed by atoms with Crippen molar-refractivity contribution in [3.8, 4) is 11.9 Å². The van der Waals surface area contributed by atoms with Crippen LogP contribution in [0, 0.1) is 11.5 Å². The third-order valence-corrected chi connectivity index (χ3v) is 5.69. The molecular formula is C24H27Cl2N5O6. The molecule has 0 bridgehead atoms. The van der Waals surface area contributed by atoms with Crippen molar-refractivity contribution >= 4 is 41.0 Å². The Morgan fingerprint density at radius 1 is 1.22 bits per heavy atom. The highest BCUT2D eigenvalue weighted by molar-refractivity contribution is 6.39. The Balaban J connectivity index is 2.08. The van der Waals surface area contributed by atoms with Gasteiger partial charge in [0.25, 0.3) is 5.91 Å². The first-order valence-electron chi connectivity index (χ1n) is 11.1. The smallest absolute Gasteiger partial charge is 0.328 e. The number of nitriles is 1. The number of carbonyl (C=O) groups is 2. The second kappa shape index (κ2) is 14.9. The number of nitrogens with one attached hydrogen (secondary N) is 3. The van der Waals surface area contributed by atoms with Gasteiger partial charge in [-0.1, -0.05) is 35.3 Å². The number of methoxy groups -OCH3 is 1. The van der Waals surface area contributed by atoms with E-state index in [4.69, 9.17) is 33.2 Å². The van der Waals surface area contributed by atoms with Crippen molar-refractivity contribution in [2.75, 3.05) is 26.8 Å². The lowest BCUT2D eigenvalue weighted by Gasteiger charge is -2.16. The molecule has 6 N–H and O–H groups in total. The van der Waals surface area contributed by atoms with Crippen LogP contribution >= 0.6 is 23.2 Å². The van der Waals surface area contributed by atoms with Crippen LogP contribution in [0.25, 0.3) is 0 Å². The molecule has 0 spiro atoms. The number of halogens is 2. The first-order valence-corrected chi connectivity index (χ1v) is 11.8. The SMILES string of the molecule is COCCNC(=NC[C@H](NC(=O)c1c(Cl)cc(CCC(O)c2cccc(O)c2)cc1Cl)C(=O)O)NC#N. The zero-order valence-corrected chi connectivity index (χ0v) is 21.4. The number of hydrogen-bond donors (Lipinski definition) is 6. The largest absolute Gasteiger partial charge is 0.508 e. The second-order valence-corrected chi connectivity index (χ2v) is 8.61. The van der Waals surface area contributed by atoms with Gasteiger partial charge in [-0.25, -0.2) is 9.79 Å². The Bertz CT molecular complexity index is 1150. The van der Waals surface area contributed by atoms with Gasteiger partial charge in [0.2, 0.25) is 5.96 Å². The summed E-state index contributed by atoms with van der Waals surface area (Å²) in [6.45, 7) is 0.259. The van der Waals surface area contributed by atoms with E-state index < -0.39 is 24.0 Å². The Kier molecular flexibility index (Phi) is 11.9. The van der Waals surface area contributed by atoms with E-state index in [1.165, 1.54) is 31.4 Å². The highest BCUT2D eigenvalue weighted by atomic mass is 35.5. The summed E-state index contributed by atoms with van der Waals surface area (Å²) in [5.41, 5.74) is 1.10. The molecule has 13 heteroatoms. The van der Waals surface area contributed by atoms with Crippen molar-refractivity contribution < 1.29 is 29.6 Å². The number of carbonyl (C=O) groups excluding carboxylic acids is 1. The van der Waals surface area contributed by atoms with Gasteiger partial charge in [0.1, 0.15) is 11.8 Å². The fourth-order valence-electron chi connectivity index (χ4n) is 3.25. The normalized spacial score (nSPS) is 12.8. The number of ether oxygens (including phenoxy) is 1. The van der Waals surface area contributed by atoms with E-state index in [-0.39, 0.29) is 33.9 Å². The quantitative estimate of drug-likeness (QED) is 0.0758. The van der Waals surface area contributed by atoms with Gasteiger partial charge in [-0.15, -0.1) is 0 Å². The summed E-state index contributed by atoms with van der Waals surface area (Å²) in [4.78, 5) is 28.5. The van der Waals surface area contributed by atoms with Crippen LogP contribution in [0.2, 0.25) is 10.0 Å². The minimum Gasteiger partial charge on any atom is -0.508 e. The number of aryl methyl sites for hydroxylation is 1. The number of nitrogens with zero attached hydrogens (tertiary/aromatic N) is 2. The number of benzene rings is 2. The Morgan fingerprint density at radius 3 is 2.51 bits per heavy atom. The van der Waals surface area contributed by atoms with E-state index >= 15 is 0 Å². The topological polar surface area (TPSA) is 176 Å². The molecule has 2 aromatic carbocycles. The van der Waals surface area contributed by atoms with Gasteiger partial charge >= 0.3 is 5.97 Å². The van der Waals surface area contributed by atoms with Crippen LogP contribution in [0.4, 0.5) is 0 Å². The number of amides is 1. The molecular weight excluding hydrogens is 525 g/mol. The third-order valence-electron chi connectivity index (χ3n) is 5.10. The monoisotopic (exact) mass is 551 g/mol. The average molecular weight is 552 g/mol. The molecule has 11 nitrogen and oxygen atoms in total. The van der Waals surface area contributed by atoms with E-state index in [0.717, 1.165) is 0 Å². The lowest BCUT2D eigenvalue weighted by atomic mass is 10.00. The predicted octanol–water partition coefficient (Wildman–Crippen LogP) is 2.21. The summed E-state index contributed by atoms with van der Waals surface area (Å²) in [5.74, 6) is -2.10. The number of rotatable bonds is 12. The molecule has 0 saturated heterocycles. The summed E-state index contributed by atoms with van der Waals surface area (Å²) in [5, 5.41) is 45.7. The lowest BCUT2D eigenvalue weighted by molar-refractivity contribution is -0.138. The standard InChI is InChI=1S/C24H27Cl2N5O6/c1-37-8-7-28-24(30-13-27)29-12-19(23(35)36)31-22(34)21-17(25)9-14(10-18(21)26)5-6-20(33)15-3-2-4-16(32)11-15/h2-4,9-11,19-20,32-33H,5-8,12H2,1H3,(H,31,34)(H,35,36)(H2,28,29,30)/t19-,20?/m0/s1. The summed E-state index contributed by atoms with van der Waals surface area (Å²) >= 11 is 12.6. The average Bonchev–Trinajstić information content (AvgIpc) is 2.84. The van der Waals surface area contributed by atoms with Crippen molar-refractivity contribution in [1.82, 2.24) is 16.0 Å². The molecule has 0 aliphatic heterocycles. The maximum atomic E-state index is 12.8. The number of aliphatic hydroxyl groups is 1. The maximum absolute atomic E-state index is 12.8. The molecule has 0 aliphatic carbocycles. The number of phenolic OH excluding ortho intramolecular Hbond substituents is 1. The van der Waals surface area contributed by atoms with Gasteiger partial charge in [-0.05, 0) is 48.2 Å². The fraction of sp³-hybridized carbons (Fsp3) is 0.333. The van der Waals surface area contributed by atoms with E-state index in [1.54, 1.807) is 18.3 Å². The van der Waals surface area contributed by atoms with Crippen molar-refractivity contribution in [3.63, 3.8) is 0 Å². The molecule has 2 rings (SSSR count). The molecule has 1 amide bonds. The van der Waals surface area contributed by atoms with Gasteiger partial charge in [0.05, 0.1) is 34.9 Å². The van der Waals surface area contributed by atoms with Crippen LogP contribution in [-0.2, 0) is 16.0 Å². The minimum absolute atomic E-state index is 0.00699. The zero-order valence-electron chi connectivity index (χ0n) is 19.9. The number of phenols is 1. The molecule has 0 heterocycles. The van der Waals surface area contributed by atoms with Crippen LogP contribution in [0.1, 0.15) is 34.0 Å². The number of guanidine groups is 1. The molecule has 198 valence electrons. The highest BCUT2D eigenvalue weighted by Crippen LogP contribution is 2.29. The van der Waals surface area contributed by atoms with Gasteiger partial charge in [0, 0.05) is 13.7 Å². The first kappa shape index (κ1) is 29.7. The molecule has 1 unspecified atom stereocenters. The Hall–Kier alpha value is -3.56. The minimum atomic E-state index is -1.43. The van der Waals surface area contributed by atoms with E-state index in [1.807, 2.05) is 0 Å². The summed E-state index contributed by atoms with van der Waals surface area (Å²) in [6.07, 6.45) is 1.52. The predicted molar refractivity (Wildman–Crippen MR) is 138 cm³/mol. The van der Waals surface area contributed by atoms with Crippen LogP contribution in [0.15, 0.2) is 41.4 Å². The molecule has 0 aliphatic rings. The third kappa shape index (κ3) is 9.44. The summed E-state index contributed by atoms with van der Waals surface area (Å²) < 4.78 is 4.89. The Morgan fingerprint density at radius 2 is 1.92 bits per heavy atom. The number of carboxylic acids is 1. The fourth-order valence-corrected chi connectivity index (χ4v) is 3.96. The molecule has 0 aromatic heterocycles. The number of aliphatic carboxylic acids is 1. The first-order chi connectivity index (χ1) is 17.7. The van der Waals surface area contributed by atoms with Crippen molar-refractivity contribution in [1.29, 1.82) is 5.26 Å². The zero-order chi connectivity index (χ0) is 27.4. The number of carboxylic acid groups (broad SMARTS) is 1. The summed E-state index contributed by atoms with van der Waals surface area (Å²) in [7, 11) is 1.50. The Labute approximate surface area is 223 Å². The van der Waals surface area contributed by atoms with Gasteiger partial charge in [0.15, 0.2) is 6.19 Å². The molecule has 2 aromatic rings. The maximum Gasteiger partial charge on any atom is 0.328 e. The number of hydrogen-bond acceptors (Lipinski definition) is 7. The lowest BCUT2D eigenvalue weighted by Crippen LogP contribution is -2.44. The van der Waals surface area contributed by atoms with Crippen LogP contribution in [0.3, 0.4) is 0 Å². The molecule has 2 atom stereocenters. The van der Waals surface area contributed by atoms with E-state index in [9.17, 15) is 24.9 Å². The summed E-state index contributed by atoms with van der Waals surface area (Å²) in [6, 6.07) is 7.88. The molecule has 0 fully saturated rings. The van der Waals surface area contributed by atoms with E-state index in [2.05, 4.69) is 20.9 Å². The second-order valence-electron chi connectivity index (χ2n) is 7.79. The van der Waals surface area contributed by atoms with Crippen LogP contribution in [0.5, 0.6) is 5.75 Å².